The zero-order chi connectivity index (χ0) is 16.0. The van der Waals surface area contributed by atoms with E-state index in [0.29, 0.717) is 5.92 Å². The highest BCUT2D eigenvalue weighted by Crippen LogP contribution is 2.28. The van der Waals surface area contributed by atoms with Crippen LogP contribution in [0.5, 0.6) is 0 Å². The normalized spacial score (nSPS) is 15.9. The van der Waals surface area contributed by atoms with E-state index in [9.17, 15) is 5.11 Å². The quantitative estimate of drug-likeness (QED) is 0.327. The van der Waals surface area contributed by atoms with Crippen molar-refractivity contribution in [2.45, 2.75) is 123 Å². The van der Waals surface area contributed by atoms with Crippen LogP contribution in [0.3, 0.4) is 0 Å². The van der Waals surface area contributed by atoms with Crippen molar-refractivity contribution in [1.29, 1.82) is 0 Å². The lowest BCUT2D eigenvalue weighted by Crippen LogP contribution is -2.32. The molecule has 0 aliphatic heterocycles. The van der Waals surface area contributed by atoms with Gasteiger partial charge < -0.3 is 5.11 Å². The second-order valence-corrected chi connectivity index (χ2v) is 7.33. The molecule has 0 aromatic carbocycles. The number of aliphatic hydroxyl groups is 1. The molecule has 1 N–H and O–H groups in total. The van der Waals surface area contributed by atoms with E-state index in [2.05, 4.69) is 27.7 Å². The summed E-state index contributed by atoms with van der Waals surface area (Å²) in [5.41, 5.74) is -0.450. The molecule has 0 aromatic rings. The van der Waals surface area contributed by atoms with Crippen molar-refractivity contribution in [1.82, 2.24) is 0 Å². The molecule has 2 atom stereocenters. The highest BCUT2D eigenvalue weighted by Gasteiger charge is 2.26. The first-order valence-corrected chi connectivity index (χ1v) is 9.77. The van der Waals surface area contributed by atoms with E-state index in [1.165, 1.54) is 83.5 Å². The maximum atomic E-state index is 10.6. The predicted molar refractivity (Wildman–Crippen MR) is 95.8 cm³/mol. The first-order valence-electron chi connectivity index (χ1n) is 9.77. The minimum atomic E-state index is -0.450. The van der Waals surface area contributed by atoms with Crippen LogP contribution >= 0.6 is 0 Å². The highest BCUT2D eigenvalue weighted by atomic mass is 16.3. The van der Waals surface area contributed by atoms with Crippen LogP contribution in [0, 0.1) is 5.92 Å². The predicted octanol–water partition coefficient (Wildman–Crippen LogP) is 6.87. The summed E-state index contributed by atoms with van der Waals surface area (Å²) in [6, 6.07) is 0. The highest BCUT2D eigenvalue weighted by molar-refractivity contribution is 4.79. The van der Waals surface area contributed by atoms with Crippen LogP contribution in [0.25, 0.3) is 0 Å². The molecule has 0 fully saturated rings. The van der Waals surface area contributed by atoms with Crippen LogP contribution in [0.2, 0.25) is 0 Å². The lowest BCUT2D eigenvalue weighted by molar-refractivity contribution is -0.00803. The van der Waals surface area contributed by atoms with E-state index in [1.807, 2.05) is 0 Å². The molecule has 21 heavy (non-hydrogen) atoms. The van der Waals surface area contributed by atoms with E-state index in [0.717, 1.165) is 6.42 Å². The van der Waals surface area contributed by atoms with Crippen molar-refractivity contribution in [3.63, 3.8) is 0 Å². The summed E-state index contributed by atoms with van der Waals surface area (Å²) in [6.07, 6.45) is 18.2. The Kier molecular flexibility index (Phi) is 13.6. The Morgan fingerprint density at radius 3 is 1.67 bits per heavy atom. The molecule has 0 rings (SSSR count). The van der Waals surface area contributed by atoms with Gasteiger partial charge in [-0.2, -0.15) is 0 Å². The van der Waals surface area contributed by atoms with E-state index in [-0.39, 0.29) is 0 Å². The van der Waals surface area contributed by atoms with Gasteiger partial charge in [-0.05, 0) is 25.7 Å². The third-order valence-electron chi connectivity index (χ3n) is 5.09. The van der Waals surface area contributed by atoms with Crippen molar-refractivity contribution in [3.8, 4) is 0 Å². The van der Waals surface area contributed by atoms with Crippen LogP contribution in [-0.2, 0) is 0 Å². The summed E-state index contributed by atoms with van der Waals surface area (Å²) >= 11 is 0. The fourth-order valence-corrected chi connectivity index (χ4v) is 3.05. The fraction of sp³-hybridized carbons (Fsp3) is 1.00. The van der Waals surface area contributed by atoms with Gasteiger partial charge in [-0.25, -0.2) is 0 Å². The van der Waals surface area contributed by atoms with Crippen LogP contribution in [0.4, 0.5) is 0 Å². The molecule has 0 amide bonds. The third-order valence-corrected chi connectivity index (χ3v) is 5.09. The summed E-state index contributed by atoms with van der Waals surface area (Å²) in [5.74, 6) is 0.443. The molecule has 0 saturated heterocycles. The van der Waals surface area contributed by atoms with Crippen LogP contribution in [0.1, 0.15) is 118 Å². The second-order valence-electron chi connectivity index (χ2n) is 7.33. The van der Waals surface area contributed by atoms with Gasteiger partial charge in [0.25, 0.3) is 0 Å². The summed E-state index contributed by atoms with van der Waals surface area (Å²) in [7, 11) is 0. The summed E-state index contributed by atoms with van der Waals surface area (Å²) in [5, 5.41) is 10.6. The van der Waals surface area contributed by atoms with Gasteiger partial charge in [0.15, 0.2) is 0 Å². The van der Waals surface area contributed by atoms with Gasteiger partial charge in [0.2, 0.25) is 0 Å². The van der Waals surface area contributed by atoms with Gasteiger partial charge in [-0.1, -0.05) is 97.8 Å². The molecular formula is C20H42O. The lowest BCUT2D eigenvalue weighted by Gasteiger charge is -2.30. The van der Waals surface area contributed by atoms with Crippen LogP contribution < -0.4 is 0 Å². The summed E-state index contributed by atoms with van der Waals surface area (Å²) in [4.78, 5) is 0. The number of hydrogen-bond acceptors (Lipinski definition) is 1. The summed E-state index contributed by atoms with van der Waals surface area (Å²) in [6.45, 7) is 8.81. The van der Waals surface area contributed by atoms with E-state index < -0.39 is 5.60 Å². The zero-order valence-electron chi connectivity index (χ0n) is 15.4. The van der Waals surface area contributed by atoms with Gasteiger partial charge in [-0.3, -0.25) is 0 Å². The Morgan fingerprint density at radius 1 is 0.714 bits per heavy atom. The average molecular weight is 299 g/mol. The lowest BCUT2D eigenvalue weighted by atomic mass is 9.82. The maximum absolute atomic E-state index is 10.6. The molecular weight excluding hydrogens is 256 g/mol. The van der Waals surface area contributed by atoms with Crippen molar-refractivity contribution in [3.05, 3.63) is 0 Å². The number of hydrogen-bond donors (Lipinski definition) is 1. The van der Waals surface area contributed by atoms with Crippen LogP contribution in [0.15, 0.2) is 0 Å². The Hall–Kier alpha value is -0.0400. The Balaban J connectivity index is 3.57. The van der Waals surface area contributed by atoms with Gasteiger partial charge in [0, 0.05) is 0 Å². The fourth-order valence-electron chi connectivity index (χ4n) is 3.05. The molecule has 1 nitrogen and oxygen atoms in total. The third kappa shape index (κ3) is 12.2. The molecule has 0 radical (unpaired) electrons. The van der Waals surface area contributed by atoms with E-state index in [1.54, 1.807) is 0 Å². The second kappa shape index (κ2) is 13.6. The molecule has 0 heterocycles. The maximum Gasteiger partial charge on any atom is 0.0645 e. The molecule has 0 aromatic heterocycles. The molecule has 1 heteroatoms. The smallest absolute Gasteiger partial charge is 0.0645 e. The largest absolute Gasteiger partial charge is 0.390 e. The monoisotopic (exact) mass is 298 g/mol. The number of unbranched alkanes of at least 4 members (excludes halogenated alkanes) is 10. The first-order chi connectivity index (χ1) is 10.0. The molecule has 128 valence electrons. The zero-order valence-corrected chi connectivity index (χ0v) is 15.4. The van der Waals surface area contributed by atoms with Gasteiger partial charge in [0.1, 0.15) is 0 Å². The minimum absolute atomic E-state index is 0.443. The van der Waals surface area contributed by atoms with Gasteiger partial charge in [0.05, 0.1) is 5.60 Å². The molecule has 0 bridgehead atoms. The first kappa shape index (κ1) is 21.0. The molecule has 0 saturated carbocycles. The van der Waals surface area contributed by atoms with Crippen molar-refractivity contribution < 1.29 is 5.11 Å². The molecule has 0 aliphatic carbocycles. The van der Waals surface area contributed by atoms with Crippen LogP contribution in [-0.4, -0.2) is 10.7 Å². The van der Waals surface area contributed by atoms with Gasteiger partial charge in [-0.15, -0.1) is 0 Å². The van der Waals surface area contributed by atoms with Gasteiger partial charge >= 0.3 is 0 Å². The van der Waals surface area contributed by atoms with Crippen molar-refractivity contribution in [2.75, 3.05) is 0 Å². The summed E-state index contributed by atoms with van der Waals surface area (Å²) < 4.78 is 0. The average Bonchev–Trinajstić information content (AvgIpc) is 2.46. The SMILES string of the molecule is CCCCCCCCCCC(C)(O)C(C)CCCCCC. The van der Waals surface area contributed by atoms with Crippen molar-refractivity contribution >= 4 is 0 Å². The Bertz CT molecular complexity index is 210. The molecule has 2 unspecified atom stereocenters. The Labute approximate surface area is 134 Å². The van der Waals surface area contributed by atoms with E-state index >= 15 is 0 Å². The minimum Gasteiger partial charge on any atom is -0.390 e. The Morgan fingerprint density at radius 2 is 1.14 bits per heavy atom. The topological polar surface area (TPSA) is 20.2 Å². The molecule has 0 spiro atoms. The molecule has 0 aliphatic rings. The van der Waals surface area contributed by atoms with Crippen molar-refractivity contribution in [2.24, 2.45) is 5.92 Å². The van der Waals surface area contributed by atoms with E-state index in [4.69, 9.17) is 0 Å². The standard InChI is InChI=1S/C20H42O/c1-5-7-9-11-12-13-14-16-18-20(4,21)19(3)17-15-10-8-6-2/h19,21H,5-18H2,1-4H3. The number of rotatable bonds is 15.